The normalized spacial score (nSPS) is 18.8. The van der Waals surface area contributed by atoms with Gasteiger partial charge in [0.05, 0.1) is 29.6 Å². The Morgan fingerprint density at radius 3 is 2.34 bits per heavy atom. The summed E-state index contributed by atoms with van der Waals surface area (Å²) in [6.07, 6.45) is -2.67. The summed E-state index contributed by atoms with van der Waals surface area (Å²) in [4.78, 5) is 33.7. The molecule has 2 aliphatic rings. The summed E-state index contributed by atoms with van der Waals surface area (Å²) in [7, 11) is 0. The van der Waals surface area contributed by atoms with Gasteiger partial charge in [-0.3, -0.25) is 14.6 Å². The molecule has 1 N–H and O–H groups in total. The number of carbonyl (C=O) groups excluding carboxylic acids is 2. The highest BCUT2D eigenvalue weighted by Gasteiger charge is 2.45. The molecule has 5 rings (SSSR count). The monoisotopic (exact) mass is 766 g/mol. The van der Waals surface area contributed by atoms with E-state index in [1.54, 1.807) is 4.90 Å². The molecule has 4 heterocycles. The summed E-state index contributed by atoms with van der Waals surface area (Å²) in [5.41, 5.74) is -0.513. The Balaban J connectivity index is 0.000000541. The van der Waals surface area contributed by atoms with Crippen LogP contribution < -0.4 is 0 Å². The van der Waals surface area contributed by atoms with Crippen molar-refractivity contribution in [1.82, 2.24) is 14.8 Å². The van der Waals surface area contributed by atoms with Crippen LogP contribution in [0.25, 0.3) is 0 Å². The summed E-state index contributed by atoms with van der Waals surface area (Å²) >= 11 is 0.481. The Bertz CT molecular complexity index is 1720. The minimum absolute atomic E-state index is 0.101. The van der Waals surface area contributed by atoms with Gasteiger partial charge in [0.1, 0.15) is 16.3 Å². The molecular weight excluding hydrogens is 722 g/mol. The average Bonchev–Trinajstić information content (AvgIpc) is 3.60. The molecule has 0 spiro atoms. The van der Waals surface area contributed by atoms with Crippen LogP contribution in [0.2, 0.25) is 0 Å². The molecule has 0 radical (unpaired) electrons. The van der Waals surface area contributed by atoms with Crippen molar-refractivity contribution in [3.05, 3.63) is 81.3 Å². The zero-order chi connectivity index (χ0) is 38.8. The van der Waals surface area contributed by atoms with E-state index < -0.39 is 51.8 Å². The van der Waals surface area contributed by atoms with Crippen LogP contribution in [0.1, 0.15) is 97.3 Å². The number of pyridine rings is 1. The van der Waals surface area contributed by atoms with E-state index in [4.69, 9.17) is 9.84 Å². The van der Waals surface area contributed by atoms with Crippen LogP contribution in [0.15, 0.2) is 54.0 Å². The van der Waals surface area contributed by atoms with Crippen LogP contribution in [0.4, 0.5) is 26.3 Å². The van der Waals surface area contributed by atoms with Crippen molar-refractivity contribution >= 4 is 23.2 Å². The average molecular weight is 767 g/mol. The Morgan fingerprint density at radius 2 is 1.75 bits per heavy atom. The maximum Gasteiger partial charge on any atom is 0.425 e. The lowest BCUT2D eigenvalue weighted by Crippen LogP contribution is -2.55. The molecule has 288 valence electrons. The number of carbonyl (C=O) groups is 2. The van der Waals surface area contributed by atoms with Crippen LogP contribution in [0.5, 0.6) is 5.75 Å². The molecule has 15 heteroatoms. The van der Waals surface area contributed by atoms with E-state index in [1.165, 1.54) is 17.2 Å². The van der Waals surface area contributed by atoms with E-state index in [2.05, 4.69) is 18.0 Å². The Labute approximate surface area is 309 Å². The van der Waals surface area contributed by atoms with Crippen molar-refractivity contribution in [3.63, 3.8) is 0 Å². The molecule has 3 aromatic rings. The topological polar surface area (TPSA) is 107 Å². The Hall–Kier alpha value is -4.16. The number of likely N-dealkylation sites (tertiary alicyclic amines) is 2. The largest absolute Gasteiger partial charge is 0.507 e. The first-order chi connectivity index (χ1) is 25.2. The highest BCUT2D eigenvalue weighted by molar-refractivity contribution is 7.10. The van der Waals surface area contributed by atoms with E-state index >= 15 is 0 Å². The van der Waals surface area contributed by atoms with Crippen LogP contribution in [-0.4, -0.2) is 64.0 Å². The molecule has 2 saturated heterocycles. The van der Waals surface area contributed by atoms with Gasteiger partial charge in [-0.25, -0.2) is 0 Å². The third kappa shape index (κ3) is 10.3. The van der Waals surface area contributed by atoms with E-state index in [1.807, 2.05) is 31.2 Å². The zero-order valence-electron chi connectivity index (χ0n) is 29.7. The third-order valence-electron chi connectivity index (χ3n) is 9.70. The number of aromatic nitrogens is 1. The molecule has 0 bridgehead atoms. The fourth-order valence-corrected chi connectivity index (χ4v) is 7.63. The lowest BCUT2D eigenvalue weighted by Gasteiger charge is -2.44. The molecule has 53 heavy (non-hydrogen) atoms. The second kappa shape index (κ2) is 18.2. The number of thiophene rings is 1. The molecule has 2 atom stereocenters. The maximum atomic E-state index is 14.0. The molecule has 8 nitrogen and oxygen atoms in total. The molecule has 2 fully saturated rings. The van der Waals surface area contributed by atoms with Crippen molar-refractivity contribution in [1.29, 1.82) is 5.26 Å². The molecule has 2 aromatic heterocycles. The first-order valence-corrected chi connectivity index (χ1v) is 18.6. The summed E-state index contributed by atoms with van der Waals surface area (Å²) in [5, 5.41) is 19.9. The molecule has 2 unspecified atom stereocenters. The first-order valence-electron chi connectivity index (χ1n) is 17.7. The number of halogens is 6. The van der Waals surface area contributed by atoms with Crippen LogP contribution >= 0.6 is 11.3 Å². The van der Waals surface area contributed by atoms with Gasteiger partial charge < -0.3 is 19.6 Å². The second-order valence-electron chi connectivity index (χ2n) is 13.3. The van der Waals surface area contributed by atoms with Crippen molar-refractivity contribution in [2.75, 3.05) is 26.2 Å². The summed E-state index contributed by atoms with van der Waals surface area (Å²) in [6.45, 7) is 6.18. The van der Waals surface area contributed by atoms with E-state index in [9.17, 15) is 41.2 Å². The Kier molecular flexibility index (Phi) is 14.3. The molecule has 2 amide bonds. The third-order valence-corrected chi connectivity index (χ3v) is 10.7. The Morgan fingerprint density at radius 1 is 1.04 bits per heavy atom. The number of piperidine rings is 2. The number of alkyl halides is 6. The fourth-order valence-electron chi connectivity index (χ4n) is 6.99. The number of rotatable bonds is 10. The quantitative estimate of drug-likeness (QED) is 0.163. The molecule has 2 aliphatic heterocycles. The highest BCUT2D eigenvalue weighted by Crippen LogP contribution is 2.40. The standard InChI is InChI=1S/C33H41F3N4O3.C5H3F3OS/c1-3-5-21-43-22-24-11-6-7-13-26(24)32(23-37)15-19-39(20-16-32)30(41)25-12-9-18-40(28(25)10-4-2)31(42)29-27(33(34,35)36)14-8-17-38-29;6-5(7,8)4-1-3(9)2-10-4/h6-8,11,13-14,17,25,28H,3-5,9-10,12,15-16,18-22H2,1-2H3;1-2,9H. The van der Waals surface area contributed by atoms with Gasteiger partial charge in [-0.1, -0.05) is 51.0 Å². The van der Waals surface area contributed by atoms with E-state index in [0.29, 0.717) is 82.2 Å². The minimum atomic E-state index is -4.72. The van der Waals surface area contributed by atoms with Gasteiger partial charge in [-0.05, 0) is 61.8 Å². The van der Waals surface area contributed by atoms with Gasteiger partial charge >= 0.3 is 12.4 Å². The number of benzene rings is 1. The highest BCUT2D eigenvalue weighted by atomic mass is 32.1. The van der Waals surface area contributed by atoms with Gasteiger partial charge in [0.15, 0.2) is 0 Å². The lowest BCUT2D eigenvalue weighted by atomic mass is 9.72. The number of hydrogen-bond donors (Lipinski definition) is 1. The molecule has 0 aliphatic carbocycles. The van der Waals surface area contributed by atoms with Crippen molar-refractivity contribution in [3.8, 4) is 11.8 Å². The molecule has 0 saturated carbocycles. The predicted octanol–water partition coefficient (Wildman–Crippen LogP) is 8.99. The molecule has 1 aromatic carbocycles. The SMILES string of the molecule is CCCCOCc1ccccc1C1(C#N)CCN(C(=O)C2CCCN(C(=O)c3ncccc3C(F)(F)F)C2CCC)CC1.Oc1csc(C(F)(F)F)c1. The second-order valence-corrected chi connectivity index (χ2v) is 14.2. The van der Waals surface area contributed by atoms with Gasteiger partial charge in [0, 0.05) is 49.9 Å². The summed E-state index contributed by atoms with van der Waals surface area (Å²) < 4.78 is 82.1. The maximum absolute atomic E-state index is 14.0. The number of unbranched alkanes of at least 4 members (excludes halogenated alkanes) is 1. The molecular formula is C38H44F6N4O4S. The number of aromatic hydroxyl groups is 1. The zero-order valence-corrected chi connectivity index (χ0v) is 30.5. The number of nitrogens with zero attached hydrogens (tertiary/aromatic N) is 4. The minimum Gasteiger partial charge on any atom is -0.507 e. The van der Waals surface area contributed by atoms with Crippen LogP contribution in [-0.2, 0) is 33.9 Å². The summed E-state index contributed by atoms with van der Waals surface area (Å²) in [5.74, 6) is -1.75. The first kappa shape index (κ1) is 41.6. The number of hydrogen-bond acceptors (Lipinski definition) is 7. The predicted molar refractivity (Wildman–Crippen MR) is 187 cm³/mol. The number of nitriles is 1. The van der Waals surface area contributed by atoms with Gasteiger partial charge in [0.2, 0.25) is 5.91 Å². The lowest BCUT2D eigenvalue weighted by molar-refractivity contribution is -0.141. The fraction of sp³-hybridized carbons (Fsp3) is 0.526. The number of amides is 2. The van der Waals surface area contributed by atoms with E-state index in [0.717, 1.165) is 35.4 Å². The van der Waals surface area contributed by atoms with Crippen LogP contribution in [0, 0.1) is 17.2 Å². The van der Waals surface area contributed by atoms with Gasteiger partial charge in [0.25, 0.3) is 5.91 Å². The van der Waals surface area contributed by atoms with Crippen molar-refractivity contribution in [2.24, 2.45) is 5.92 Å². The van der Waals surface area contributed by atoms with E-state index in [-0.39, 0.29) is 18.2 Å². The number of ether oxygens (including phenoxy) is 1. The van der Waals surface area contributed by atoms with Crippen LogP contribution in [0.3, 0.4) is 0 Å². The van der Waals surface area contributed by atoms with Gasteiger partial charge in [-0.15, -0.1) is 11.3 Å². The van der Waals surface area contributed by atoms with Crippen molar-refractivity contribution < 1.29 is 45.8 Å². The summed E-state index contributed by atoms with van der Waals surface area (Å²) in [6, 6.07) is 12.6. The van der Waals surface area contributed by atoms with Crippen molar-refractivity contribution in [2.45, 2.75) is 95.6 Å². The smallest absolute Gasteiger partial charge is 0.425 e. The van der Waals surface area contributed by atoms with Gasteiger partial charge in [-0.2, -0.15) is 31.6 Å².